The molecule has 1 aromatic carbocycles. The maximum absolute atomic E-state index is 13.3. The highest BCUT2D eigenvalue weighted by Gasteiger charge is 2.07. The van der Waals surface area contributed by atoms with Crippen molar-refractivity contribution in [3.05, 3.63) is 57.8 Å². The van der Waals surface area contributed by atoms with E-state index in [1.807, 2.05) is 16.8 Å². The summed E-state index contributed by atoms with van der Waals surface area (Å²) in [5.74, 6) is -1.45. The molecule has 0 fully saturated rings. The number of hydrogen-bond acceptors (Lipinski definition) is 2. The zero-order valence-electron chi connectivity index (χ0n) is 9.45. The monoisotopic (exact) mass is 267 g/mol. The van der Waals surface area contributed by atoms with E-state index >= 15 is 0 Å². The van der Waals surface area contributed by atoms with Crippen LogP contribution in [-0.2, 0) is 17.8 Å². The van der Waals surface area contributed by atoms with Gasteiger partial charge >= 0.3 is 0 Å². The van der Waals surface area contributed by atoms with Gasteiger partial charge in [0, 0.05) is 18.2 Å². The van der Waals surface area contributed by atoms with Crippen LogP contribution in [0, 0.1) is 11.6 Å². The fourth-order valence-corrected chi connectivity index (χ4v) is 2.17. The van der Waals surface area contributed by atoms with Crippen LogP contribution in [0.2, 0.25) is 0 Å². The van der Waals surface area contributed by atoms with E-state index < -0.39 is 11.6 Å². The lowest BCUT2D eigenvalue weighted by atomic mass is 10.2. The van der Waals surface area contributed by atoms with Crippen LogP contribution in [0.4, 0.5) is 8.78 Å². The van der Waals surface area contributed by atoms with E-state index in [0.29, 0.717) is 0 Å². The summed E-state index contributed by atoms with van der Waals surface area (Å²) >= 11 is 1.52. The lowest BCUT2D eigenvalue weighted by Crippen LogP contribution is -2.24. The van der Waals surface area contributed by atoms with Gasteiger partial charge < -0.3 is 5.32 Å². The summed E-state index contributed by atoms with van der Waals surface area (Å²) in [5, 5.41) is 6.38. The zero-order chi connectivity index (χ0) is 13.0. The summed E-state index contributed by atoms with van der Waals surface area (Å²) in [4.78, 5) is 11.6. The molecule has 5 heteroatoms. The second kappa shape index (κ2) is 5.73. The summed E-state index contributed by atoms with van der Waals surface area (Å²) in [5.41, 5.74) is 1.20. The molecule has 0 aliphatic heterocycles. The van der Waals surface area contributed by atoms with Gasteiger partial charge in [-0.2, -0.15) is 11.3 Å². The molecule has 2 rings (SSSR count). The molecule has 1 N–H and O–H groups in total. The second-order valence-corrected chi connectivity index (χ2v) is 4.60. The molecule has 0 saturated heterocycles. The Morgan fingerprint density at radius 3 is 2.78 bits per heavy atom. The highest BCUT2D eigenvalue weighted by atomic mass is 32.1. The number of halogens is 2. The third-order valence-corrected chi connectivity index (χ3v) is 3.17. The van der Waals surface area contributed by atoms with Crippen molar-refractivity contribution in [3.8, 4) is 0 Å². The van der Waals surface area contributed by atoms with Crippen LogP contribution in [0.5, 0.6) is 0 Å². The first-order valence-corrected chi connectivity index (χ1v) is 6.31. The number of thiophene rings is 1. The van der Waals surface area contributed by atoms with Gasteiger partial charge in [0.25, 0.3) is 0 Å². The first-order chi connectivity index (χ1) is 8.65. The quantitative estimate of drug-likeness (QED) is 0.906. The minimum absolute atomic E-state index is 0.0646. The smallest absolute Gasteiger partial charge is 0.224 e. The van der Waals surface area contributed by atoms with E-state index in [2.05, 4.69) is 5.32 Å². The Kier molecular flexibility index (Phi) is 4.04. The van der Waals surface area contributed by atoms with Crippen molar-refractivity contribution in [1.82, 2.24) is 5.32 Å². The molecule has 0 spiro atoms. The summed E-state index contributed by atoms with van der Waals surface area (Å²) in [6.45, 7) is 0.0646. The van der Waals surface area contributed by atoms with Gasteiger partial charge in [0.1, 0.15) is 11.6 Å². The third-order valence-electron chi connectivity index (χ3n) is 2.44. The topological polar surface area (TPSA) is 29.1 Å². The number of benzene rings is 1. The predicted octanol–water partition coefficient (Wildman–Crippen LogP) is 2.89. The number of nitrogens with one attached hydrogen (secondary N) is 1. The Balaban J connectivity index is 1.89. The molecule has 2 aromatic rings. The fourth-order valence-electron chi connectivity index (χ4n) is 1.50. The highest BCUT2D eigenvalue weighted by Crippen LogP contribution is 2.10. The van der Waals surface area contributed by atoms with Gasteiger partial charge in [-0.25, -0.2) is 8.78 Å². The SMILES string of the molecule is O=C(Cc1ccsc1)NCc1ccc(F)cc1F. The molecule has 94 valence electrons. The minimum Gasteiger partial charge on any atom is -0.352 e. The van der Waals surface area contributed by atoms with Gasteiger partial charge in [-0.05, 0) is 28.5 Å². The average molecular weight is 267 g/mol. The molecule has 0 atom stereocenters. The number of amides is 1. The van der Waals surface area contributed by atoms with Gasteiger partial charge in [0.05, 0.1) is 6.42 Å². The molecule has 0 bridgehead atoms. The van der Waals surface area contributed by atoms with E-state index in [-0.39, 0.29) is 24.4 Å². The highest BCUT2D eigenvalue weighted by molar-refractivity contribution is 7.07. The number of rotatable bonds is 4. The largest absolute Gasteiger partial charge is 0.352 e. The van der Waals surface area contributed by atoms with E-state index in [1.54, 1.807) is 0 Å². The second-order valence-electron chi connectivity index (χ2n) is 3.82. The van der Waals surface area contributed by atoms with Crippen LogP contribution < -0.4 is 5.32 Å². The summed E-state index contributed by atoms with van der Waals surface area (Å²) < 4.78 is 26.0. The molecule has 1 aromatic heterocycles. The van der Waals surface area contributed by atoms with Crippen molar-refractivity contribution in [2.45, 2.75) is 13.0 Å². The van der Waals surface area contributed by atoms with Crippen molar-refractivity contribution < 1.29 is 13.6 Å². The number of carbonyl (C=O) groups is 1. The van der Waals surface area contributed by atoms with E-state index in [0.717, 1.165) is 11.6 Å². The molecule has 0 unspecified atom stereocenters. The molecular weight excluding hydrogens is 256 g/mol. The lowest BCUT2D eigenvalue weighted by Gasteiger charge is -2.05. The van der Waals surface area contributed by atoms with Crippen LogP contribution in [-0.4, -0.2) is 5.91 Å². The molecule has 0 saturated carbocycles. The van der Waals surface area contributed by atoms with Crippen LogP contribution >= 0.6 is 11.3 Å². The Bertz CT molecular complexity index is 540. The van der Waals surface area contributed by atoms with E-state index in [1.165, 1.54) is 23.5 Å². The average Bonchev–Trinajstić information content (AvgIpc) is 2.80. The summed E-state index contributed by atoms with van der Waals surface area (Å²) in [7, 11) is 0. The Morgan fingerprint density at radius 1 is 1.28 bits per heavy atom. The van der Waals surface area contributed by atoms with Gasteiger partial charge in [-0.15, -0.1) is 0 Å². The molecule has 0 radical (unpaired) electrons. The molecular formula is C13H11F2NOS. The van der Waals surface area contributed by atoms with Crippen LogP contribution in [0.3, 0.4) is 0 Å². The standard InChI is InChI=1S/C13H11F2NOS/c14-11-2-1-10(12(15)6-11)7-16-13(17)5-9-3-4-18-8-9/h1-4,6,8H,5,7H2,(H,16,17). The predicted molar refractivity (Wildman–Crippen MR) is 66.2 cm³/mol. The first kappa shape index (κ1) is 12.7. The maximum Gasteiger partial charge on any atom is 0.224 e. The number of hydrogen-bond donors (Lipinski definition) is 1. The minimum atomic E-state index is -0.647. The van der Waals surface area contributed by atoms with Crippen molar-refractivity contribution >= 4 is 17.2 Å². The van der Waals surface area contributed by atoms with E-state index in [9.17, 15) is 13.6 Å². The fraction of sp³-hybridized carbons (Fsp3) is 0.154. The van der Waals surface area contributed by atoms with Gasteiger partial charge in [0.2, 0.25) is 5.91 Å². The molecule has 0 aliphatic rings. The molecule has 1 amide bonds. The molecule has 18 heavy (non-hydrogen) atoms. The normalized spacial score (nSPS) is 10.3. The molecule has 0 aliphatic carbocycles. The van der Waals surface area contributed by atoms with Gasteiger partial charge in [0.15, 0.2) is 0 Å². The molecule has 2 nitrogen and oxygen atoms in total. The Hall–Kier alpha value is -1.75. The first-order valence-electron chi connectivity index (χ1n) is 5.37. The summed E-state index contributed by atoms with van der Waals surface area (Å²) in [6.07, 6.45) is 0.270. The lowest BCUT2D eigenvalue weighted by molar-refractivity contribution is -0.120. The van der Waals surface area contributed by atoms with Crippen molar-refractivity contribution in [2.75, 3.05) is 0 Å². The van der Waals surface area contributed by atoms with Gasteiger partial charge in [-0.1, -0.05) is 6.07 Å². The Morgan fingerprint density at radius 2 is 2.11 bits per heavy atom. The third kappa shape index (κ3) is 3.37. The van der Waals surface area contributed by atoms with Crippen LogP contribution in [0.15, 0.2) is 35.0 Å². The molecule has 1 heterocycles. The maximum atomic E-state index is 13.3. The summed E-state index contributed by atoms with van der Waals surface area (Å²) in [6, 6.07) is 5.17. The van der Waals surface area contributed by atoms with E-state index in [4.69, 9.17) is 0 Å². The zero-order valence-corrected chi connectivity index (χ0v) is 10.3. The van der Waals surface area contributed by atoms with Crippen molar-refractivity contribution in [3.63, 3.8) is 0 Å². The Labute approximate surface area is 107 Å². The van der Waals surface area contributed by atoms with Crippen LogP contribution in [0.25, 0.3) is 0 Å². The van der Waals surface area contributed by atoms with Crippen molar-refractivity contribution in [2.24, 2.45) is 0 Å². The number of carbonyl (C=O) groups excluding carboxylic acids is 1. The van der Waals surface area contributed by atoms with Crippen molar-refractivity contribution in [1.29, 1.82) is 0 Å². The van der Waals surface area contributed by atoms with Gasteiger partial charge in [-0.3, -0.25) is 4.79 Å². The van der Waals surface area contributed by atoms with Crippen LogP contribution in [0.1, 0.15) is 11.1 Å².